The summed E-state index contributed by atoms with van der Waals surface area (Å²) in [5.41, 5.74) is 6.47. The van der Waals surface area contributed by atoms with Gasteiger partial charge in [-0.2, -0.15) is 9.97 Å². The zero-order chi connectivity index (χ0) is 24.9. The first-order valence-corrected chi connectivity index (χ1v) is 14.3. The number of rotatable bonds is 5. The summed E-state index contributed by atoms with van der Waals surface area (Å²) in [4.78, 5) is 15.2. The highest BCUT2D eigenvalue weighted by molar-refractivity contribution is 5.96. The van der Waals surface area contributed by atoms with E-state index in [2.05, 4.69) is 65.5 Å². The number of fused-ring (bicyclic) bond motifs is 5. The van der Waals surface area contributed by atoms with Gasteiger partial charge in [-0.25, -0.2) is 0 Å². The molecule has 3 aromatic rings. The Morgan fingerprint density at radius 1 is 1.05 bits per heavy atom. The van der Waals surface area contributed by atoms with Crippen LogP contribution < -0.4 is 15.0 Å². The Hall–Kier alpha value is -2.70. The number of benzene rings is 2. The lowest BCUT2D eigenvalue weighted by molar-refractivity contribution is 0.173. The van der Waals surface area contributed by atoms with Crippen LogP contribution in [-0.2, 0) is 13.0 Å². The minimum Gasteiger partial charge on any atom is -0.462 e. The number of hydrogen-bond donors (Lipinski definition) is 1. The molecule has 1 aromatic heterocycles. The van der Waals surface area contributed by atoms with E-state index in [4.69, 9.17) is 14.7 Å². The molecule has 37 heavy (non-hydrogen) atoms. The van der Waals surface area contributed by atoms with Crippen LogP contribution in [0.25, 0.3) is 10.8 Å². The molecule has 4 atom stereocenters. The largest absolute Gasteiger partial charge is 0.462 e. The molecule has 8 rings (SSSR count). The standard InChI is InChI=1S/C31H39N5O/c1-20-6-3-7-22-8-4-10-28(29(20)22)36-15-13-24-27(18-36)33-31(37-19-23-9-5-14-35(23)2)34-30(24)25-16-21-11-12-26(25)32-17-21/h3-4,6-8,10,21,23,25-26,32H,5,9,11-19H2,1-2H3/t21?,23-,25?,26?/m0/s1. The molecule has 1 saturated carbocycles. The number of anilines is 1. The second-order valence-electron chi connectivity index (χ2n) is 11.8. The number of nitrogens with zero attached hydrogens (tertiary/aromatic N) is 4. The Morgan fingerprint density at radius 3 is 2.70 bits per heavy atom. The third-order valence-corrected chi connectivity index (χ3v) is 9.56. The van der Waals surface area contributed by atoms with Gasteiger partial charge in [-0.15, -0.1) is 0 Å². The fraction of sp³-hybridized carbons (Fsp3) is 0.548. The minimum atomic E-state index is 0.464. The molecule has 1 N–H and O–H groups in total. The summed E-state index contributed by atoms with van der Waals surface area (Å²) >= 11 is 0. The van der Waals surface area contributed by atoms with E-state index in [0.29, 0.717) is 30.6 Å². The zero-order valence-electron chi connectivity index (χ0n) is 22.2. The summed E-state index contributed by atoms with van der Waals surface area (Å²) in [6.07, 6.45) is 7.30. The van der Waals surface area contributed by atoms with Gasteiger partial charge in [0.15, 0.2) is 0 Å². The third kappa shape index (κ3) is 4.28. The smallest absolute Gasteiger partial charge is 0.316 e. The Kier molecular flexibility index (Phi) is 6.05. The maximum Gasteiger partial charge on any atom is 0.316 e. The average Bonchev–Trinajstić information content (AvgIpc) is 3.36. The monoisotopic (exact) mass is 497 g/mol. The summed E-state index contributed by atoms with van der Waals surface area (Å²) < 4.78 is 6.37. The van der Waals surface area contributed by atoms with E-state index < -0.39 is 0 Å². The van der Waals surface area contributed by atoms with Crippen molar-refractivity contribution in [2.24, 2.45) is 5.92 Å². The lowest BCUT2D eigenvalue weighted by Crippen LogP contribution is -2.49. The predicted molar refractivity (Wildman–Crippen MR) is 148 cm³/mol. The van der Waals surface area contributed by atoms with Gasteiger partial charge in [0.1, 0.15) is 6.61 Å². The molecule has 194 valence electrons. The van der Waals surface area contributed by atoms with E-state index in [1.54, 1.807) is 0 Å². The first-order valence-electron chi connectivity index (χ1n) is 14.3. The molecule has 1 aliphatic carbocycles. The number of nitrogens with one attached hydrogen (secondary N) is 1. The molecule has 4 fully saturated rings. The highest BCUT2D eigenvalue weighted by atomic mass is 16.5. The van der Waals surface area contributed by atoms with Crippen molar-refractivity contribution in [1.82, 2.24) is 20.2 Å². The average molecular weight is 498 g/mol. The van der Waals surface area contributed by atoms with Crippen molar-refractivity contribution in [3.8, 4) is 6.01 Å². The molecule has 0 radical (unpaired) electrons. The van der Waals surface area contributed by atoms with Gasteiger partial charge in [0, 0.05) is 35.6 Å². The summed E-state index contributed by atoms with van der Waals surface area (Å²) in [5, 5.41) is 6.48. The SMILES string of the molecule is Cc1cccc2cccc(N3CCc4c(nc(OC[C@@H]5CCCN5C)nc4C4CC5CCC4NC5)C3)c12. The quantitative estimate of drug-likeness (QED) is 0.545. The van der Waals surface area contributed by atoms with Gasteiger partial charge in [-0.3, -0.25) is 0 Å². The van der Waals surface area contributed by atoms with Crippen LogP contribution in [-0.4, -0.2) is 60.2 Å². The fourth-order valence-corrected chi connectivity index (χ4v) is 7.45. The molecule has 2 bridgehead atoms. The number of likely N-dealkylation sites (tertiary alicyclic amines) is 1. The maximum atomic E-state index is 6.37. The molecule has 6 nitrogen and oxygen atoms in total. The maximum absolute atomic E-state index is 6.37. The Labute approximate surface area is 220 Å². The highest BCUT2D eigenvalue weighted by Gasteiger charge is 2.39. The van der Waals surface area contributed by atoms with E-state index in [1.165, 1.54) is 71.9 Å². The Bertz CT molecular complexity index is 1290. The van der Waals surface area contributed by atoms with Crippen LogP contribution >= 0.6 is 0 Å². The summed E-state index contributed by atoms with van der Waals surface area (Å²) in [7, 11) is 2.20. The van der Waals surface area contributed by atoms with Gasteiger partial charge < -0.3 is 19.9 Å². The minimum absolute atomic E-state index is 0.464. The van der Waals surface area contributed by atoms with Crippen LogP contribution in [0.3, 0.4) is 0 Å². The van der Waals surface area contributed by atoms with Crippen molar-refractivity contribution >= 4 is 16.5 Å². The number of likely N-dealkylation sites (N-methyl/N-ethyl adjacent to an activating group) is 1. The molecule has 4 aliphatic heterocycles. The Morgan fingerprint density at radius 2 is 1.95 bits per heavy atom. The summed E-state index contributed by atoms with van der Waals surface area (Å²) in [6, 6.07) is 14.9. The predicted octanol–water partition coefficient (Wildman–Crippen LogP) is 4.83. The number of aromatic nitrogens is 2. The van der Waals surface area contributed by atoms with E-state index in [9.17, 15) is 0 Å². The molecular weight excluding hydrogens is 458 g/mol. The molecule has 0 amide bonds. The number of aryl methyl sites for hydroxylation is 1. The van der Waals surface area contributed by atoms with E-state index >= 15 is 0 Å². The van der Waals surface area contributed by atoms with Crippen LogP contribution in [0.5, 0.6) is 6.01 Å². The molecule has 0 spiro atoms. The number of ether oxygens (including phenoxy) is 1. The van der Waals surface area contributed by atoms with Crippen molar-refractivity contribution < 1.29 is 4.74 Å². The lowest BCUT2D eigenvalue weighted by atomic mass is 9.71. The fourth-order valence-electron chi connectivity index (χ4n) is 7.45. The van der Waals surface area contributed by atoms with Crippen molar-refractivity contribution in [3.05, 3.63) is 58.9 Å². The van der Waals surface area contributed by atoms with Crippen molar-refractivity contribution in [3.63, 3.8) is 0 Å². The number of piperidine rings is 2. The lowest BCUT2D eigenvalue weighted by Gasteiger charge is -2.44. The van der Waals surface area contributed by atoms with Crippen LogP contribution in [0.2, 0.25) is 0 Å². The Balaban J connectivity index is 1.24. The van der Waals surface area contributed by atoms with Gasteiger partial charge in [-0.1, -0.05) is 30.3 Å². The second kappa shape index (κ2) is 9.55. The first kappa shape index (κ1) is 23.4. The summed E-state index contributed by atoms with van der Waals surface area (Å²) in [6.45, 7) is 7.03. The van der Waals surface area contributed by atoms with Gasteiger partial charge >= 0.3 is 6.01 Å². The first-order chi connectivity index (χ1) is 18.1. The van der Waals surface area contributed by atoms with Gasteiger partial charge in [-0.05, 0) is 94.1 Å². The molecule has 3 unspecified atom stereocenters. The highest BCUT2D eigenvalue weighted by Crippen LogP contribution is 2.42. The number of hydrogen-bond acceptors (Lipinski definition) is 6. The molecule has 5 aliphatic rings. The molecule has 3 saturated heterocycles. The van der Waals surface area contributed by atoms with Crippen molar-refractivity contribution in [2.75, 3.05) is 38.2 Å². The molecular formula is C31H39N5O. The van der Waals surface area contributed by atoms with E-state index in [0.717, 1.165) is 37.7 Å². The molecule has 5 heterocycles. The normalized spacial score (nSPS) is 27.6. The van der Waals surface area contributed by atoms with Gasteiger partial charge in [0.2, 0.25) is 0 Å². The van der Waals surface area contributed by atoms with Crippen LogP contribution in [0.15, 0.2) is 36.4 Å². The van der Waals surface area contributed by atoms with E-state index in [-0.39, 0.29) is 0 Å². The van der Waals surface area contributed by atoms with Crippen LogP contribution in [0.4, 0.5) is 5.69 Å². The van der Waals surface area contributed by atoms with Crippen molar-refractivity contribution in [2.45, 2.75) is 70.0 Å². The van der Waals surface area contributed by atoms with Gasteiger partial charge in [0.25, 0.3) is 0 Å². The van der Waals surface area contributed by atoms with Crippen LogP contribution in [0.1, 0.15) is 60.5 Å². The summed E-state index contributed by atoms with van der Waals surface area (Å²) in [5.74, 6) is 1.25. The van der Waals surface area contributed by atoms with Crippen molar-refractivity contribution in [1.29, 1.82) is 0 Å². The third-order valence-electron chi connectivity index (χ3n) is 9.56. The molecule has 2 aromatic carbocycles. The molecule has 6 heteroatoms. The van der Waals surface area contributed by atoms with E-state index in [1.807, 2.05) is 0 Å². The second-order valence-corrected chi connectivity index (χ2v) is 11.8. The van der Waals surface area contributed by atoms with Crippen LogP contribution in [0, 0.1) is 12.8 Å². The van der Waals surface area contributed by atoms with Gasteiger partial charge in [0.05, 0.1) is 17.9 Å². The zero-order valence-corrected chi connectivity index (χ0v) is 22.2. The topological polar surface area (TPSA) is 53.5 Å².